The van der Waals surface area contributed by atoms with Crippen LogP contribution in [0.25, 0.3) is 0 Å². The van der Waals surface area contributed by atoms with E-state index >= 15 is 0 Å². The predicted molar refractivity (Wildman–Crippen MR) is 49.3 cm³/mol. The lowest BCUT2D eigenvalue weighted by Crippen LogP contribution is -2.29. The van der Waals surface area contributed by atoms with Crippen molar-refractivity contribution in [1.29, 1.82) is 0 Å². The van der Waals surface area contributed by atoms with E-state index in [4.69, 9.17) is 5.11 Å². The van der Waals surface area contributed by atoms with Crippen LogP contribution in [0, 0.1) is 0 Å². The van der Waals surface area contributed by atoms with Crippen molar-refractivity contribution >= 4 is 0 Å². The number of nitrogens with one attached hydrogen (secondary N) is 1. The Kier molecular flexibility index (Phi) is 2.61. The van der Waals surface area contributed by atoms with Crippen molar-refractivity contribution in [3.8, 4) is 0 Å². The smallest absolute Gasteiger partial charge is 0.0879 e. The zero-order valence-electron chi connectivity index (χ0n) is 7.61. The Morgan fingerprint density at radius 3 is 2.92 bits per heavy atom. The molecule has 0 atom stereocenters. The van der Waals surface area contributed by atoms with Crippen LogP contribution in [0.15, 0.2) is 12.3 Å². The Balaban J connectivity index is 2.05. The van der Waals surface area contributed by atoms with Gasteiger partial charge in [0.1, 0.15) is 0 Å². The normalized spacial score (nSPS) is 19.2. The van der Waals surface area contributed by atoms with Gasteiger partial charge in [-0.3, -0.25) is 4.68 Å². The second-order valence-corrected chi connectivity index (χ2v) is 3.43. The molecule has 1 aliphatic heterocycles. The second kappa shape index (κ2) is 3.89. The number of hydrogen-bond acceptors (Lipinski definition) is 3. The summed E-state index contributed by atoms with van der Waals surface area (Å²) in [5.41, 5.74) is 0.763. The van der Waals surface area contributed by atoms with Crippen molar-refractivity contribution in [1.82, 2.24) is 15.1 Å². The third kappa shape index (κ3) is 1.89. The molecule has 2 heterocycles. The minimum absolute atomic E-state index is 0.0397. The van der Waals surface area contributed by atoms with Gasteiger partial charge < -0.3 is 10.4 Å². The molecule has 72 valence electrons. The van der Waals surface area contributed by atoms with Crippen molar-refractivity contribution in [3.05, 3.63) is 18.0 Å². The maximum absolute atomic E-state index is 8.86. The number of rotatable bonds is 2. The van der Waals surface area contributed by atoms with E-state index in [9.17, 15) is 0 Å². The predicted octanol–water partition coefficient (Wildman–Crippen LogP) is 0.300. The summed E-state index contributed by atoms with van der Waals surface area (Å²) < 4.78 is 1.98. The van der Waals surface area contributed by atoms with Crippen LogP contribution < -0.4 is 5.32 Å². The Labute approximate surface area is 77.6 Å². The fraction of sp³-hybridized carbons (Fsp3) is 0.667. The lowest BCUT2D eigenvalue weighted by Gasteiger charge is -2.22. The standard InChI is InChI=1S/C9H15N3O/c13-7-8-3-6-12(11-8)9-1-4-10-5-2-9/h3,6,9-10,13H,1-2,4-5,7H2. The molecule has 0 spiro atoms. The Morgan fingerprint density at radius 1 is 1.54 bits per heavy atom. The van der Waals surface area contributed by atoms with E-state index in [2.05, 4.69) is 10.4 Å². The quantitative estimate of drug-likeness (QED) is 0.690. The van der Waals surface area contributed by atoms with E-state index in [1.165, 1.54) is 0 Å². The van der Waals surface area contributed by atoms with Crippen LogP contribution in [-0.2, 0) is 6.61 Å². The van der Waals surface area contributed by atoms with Gasteiger partial charge in [-0.2, -0.15) is 5.10 Å². The number of aromatic nitrogens is 2. The molecular weight excluding hydrogens is 166 g/mol. The summed E-state index contributed by atoms with van der Waals surface area (Å²) in [5, 5.41) is 16.5. The van der Waals surface area contributed by atoms with E-state index in [0.29, 0.717) is 6.04 Å². The minimum atomic E-state index is 0.0397. The monoisotopic (exact) mass is 181 g/mol. The highest BCUT2D eigenvalue weighted by atomic mass is 16.3. The van der Waals surface area contributed by atoms with Gasteiger partial charge in [-0.05, 0) is 32.0 Å². The first kappa shape index (κ1) is 8.72. The first-order valence-corrected chi connectivity index (χ1v) is 4.76. The highest BCUT2D eigenvalue weighted by molar-refractivity contribution is 4.98. The van der Waals surface area contributed by atoms with E-state index in [1.54, 1.807) is 0 Å². The van der Waals surface area contributed by atoms with Gasteiger partial charge in [0.05, 0.1) is 18.3 Å². The highest BCUT2D eigenvalue weighted by Crippen LogP contribution is 2.17. The summed E-state index contributed by atoms with van der Waals surface area (Å²) in [4.78, 5) is 0. The Bertz CT molecular complexity index is 266. The maximum atomic E-state index is 8.86. The molecule has 0 aromatic carbocycles. The molecule has 1 fully saturated rings. The maximum Gasteiger partial charge on any atom is 0.0879 e. The number of piperidine rings is 1. The number of aliphatic hydroxyl groups excluding tert-OH is 1. The van der Waals surface area contributed by atoms with Crippen LogP contribution in [0.4, 0.5) is 0 Å². The van der Waals surface area contributed by atoms with Crippen molar-refractivity contribution < 1.29 is 5.11 Å². The molecule has 0 unspecified atom stereocenters. The van der Waals surface area contributed by atoms with Crippen molar-refractivity contribution in [2.24, 2.45) is 0 Å². The van der Waals surface area contributed by atoms with Gasteiger partial charge in [0.25, 0.3) is 0 Å². The van der Waals surface area contributed by atoms with Crippen LogP contribution in [0.3, 0.4) is 0 Å². The lowest BCUT2D eigenvalue weighted by atomic mass is 10.1. The molecule has 4 nitrogen and oxygen atoms in total. The van der Waals surface area contributed by atoms with Gasteiger partial charge in [0, 0.05) is 6.20 Å². The molecule has 0 amide bonds. The molecule has 0 aliphatic carbocycles. The van der Waals surface area contributed by atoms with Gasteiger partial charge in [0.2, 0.25) is 0 Å². The fourth-order valence-corrected chi connectivity index (χ4v) is 1.74. The van der Waals surface area contributed by atoms with Crippen molar-refractivity contribution in [2.75, 3.05) is 13.1 Å². The van der Waals surface area contributed by atoms with E-state index in [0.717, 1.165) is 31.6 Å². The number of nitrogens with zero attached hydrogens (tertiary/aromatic N) is 2. The summed E-state index contributed by atoms with van der Waals surface area (Å²) in [6, 6.07) is 2.39. The van der Waals surface area contributed by atoms with Crippen LogP contribution in [-0.4, -0.2) is 28.0 Å². The number of aliphatic hydroxyl groups is 1. The van der Waals surface area contributed by atoms with Crippen LogP contribution in [0.1, 0.15) is 24.6 Å². The molecule has 1 aromatic rings. The zero-order chi connectivity index (χ0) is 9.10. The summed E-state index contributed by atoms with van der Waals surface area (Å²) in [6.45, 7) is 2.18. The SMILES string of the molecule is OCc1ccn(C2CCNCC2)n1. The van der Waals surface area contributed by atoms with Gasteiger partial charge in [0.15, 0.2) is 0 Å². The third-order valence-electron chi connectivity index (χ3n) is 2.51. The van der Waals surface area contributed by atoms with Gasteiger partial charge in [-0.25, -0.2) is 0 Å². The average molecular weight is 181 g/mol. The van der Waals surface area contributed by atoms with Gasteiger partial charge >= 0.3 is 0 Å². The van der Waals surface area contributed by atoms with Crippen molar-refractivity contribution in [3.63, 3.8) is 0 Å². The summed E-state index contributed by atoms with van der Waals surface area (Å²) in [5.74, 6) is 0. The molecular formula is C9H15N3O. The molecule has 13 heavy (non-hydrogen) atoms. The molecule has 1 saturated heterocycles. The highest BCUT2D eigenvalue weighted by Gasteiger charge is 2.15. The topological polar surface area (TPSA) is 50.1 Å². The van der Waals surface area contributed by atoms with Gasteiger partial charge in [-0.15, -0.1) is 0 Å². The van der Waals surface area contributed by atoms with Crippen molar-refractivity contribution in [2.45, 2.75) is 25.5 Å². The minimum Gasteiger partial charge on any atom is -0.390 e. The molecule has 2 rings (SSSR count). The first-order chi connectivity index (χ1) is 6.40. The molecule has 1 aliphatic rings. The van der Waals surface area contributed by atoms with Crippen LogP contribution >= 0.6 is 0 Å². The van der Waals surface area contributed by atoms with Crippen LogP contribution in [0.5, 0.6) is 0 Å². The van der Waals surface area contributed by atoms with Gasteiger partial charge in [-0.1, -0.05) is 0 Å². The number of hydrogen-bond donors (Lipinski definition) is 2. The van der Waals surface area contributed by atoms with E-state index < -0.39 is 0 Å². The molecule has 4 heteroatoms. The average Bonchev–Trinajstić information content (AvgIpc) is 2.67. The fourth-order valence-electron chi connectivity index (χ4n) is 1.74. The molecule has 0 radical (unpaired) electrons. The third-order valence-corrected chi connectivity index (χ3v) is 2.51. The van der Waals surface area contributed by atoms with E-state index in [1.807, 2.05) is 16.9 Å². The summed E-state index contributed by atoms with van der Waals surface area (Å²) >= 11 is 0. The first-order valence-electron chi connectivity index (χ1n) is 4.76. The Hall–Kier alpha value is -0.870. The molecule has 0 saturated carbocycles. The molecule has 2 N–H and O–H groups in total. The van der Waals surface area contributed by atoms with E-state index in [-0.39, 0.29) is 6.61 Å². The lowest BCUT2D eigenvalue weighted by molar-refractivity contribution is 0.271. The largest absolute Gasteiger partial charge is 0.390 e. The zero-order valence-corrected chi connectivity index (χ0v) is 7.61. The molecule has 0 bridgehead atoms. The molecule has 1 aromatic heterocycles. The summed E-state index contributed by atoms with van der Waals surface area (Å²) in [7, 11) is 0. The second-order valence-electron chi connectivity index (χ2n) is 3.43. The van der Waals surface area contributed by atoms with Crippen LogP contribution in [0.2, 0.25) is 0 Å². The Morgan fingerprint density at radius 2 is 2.31 bits per heavy atom. The summed E-state index contributed by atoms with van der Waals surface area (Å²) in [6.07, 6.45) is 4.22.